The summed E-state index contributed by atoms with van der Waals surface area (Å²) in [6.45, 7) is 3.22. The summed E-state index contributed by atoms with van der Waals surface area (Å²) in [7, 11) is 0. The molecule has 3 unspecified atom stereocenters. The average Bonchev–Trinajstić information content (AvgIpc) is 2.88. The molecule has 1 fully saturated rings. The van der Waals surface area contributed by atoms with Crippen molar-refractivity contribution in [2.24, 2.45) is 17.8 Å². The van der Waals surface area contributed by atoms with Crippen LogP contribution in [-0.2, 0) is 22.6 Å². The fraction of sp³-hybridized carbons (Fsp3) is 0.562. The van der Waals surface area contributed by atoms with Gasteiger partial charge in [0.2, 0.25) is 5.91 Å². The molecule has 21 heavy (non-hydrogen) atoms. The Bertz CT molecular complexity index is 572. The van der Waals surface area contributed by atoms with Crippen molar-refractivity contribution in [1.82, 2.24) is 9.88 Å². The van der Waals surface area contributed by atoms with Crippen LogP contribution in [0.5, 0.6) is 0 Å². The molecule has 1 aliphatic carbocycles. The molecule has 1 saturated carbocycles. The summed E-state index contributed by atoms with van der Waals surface area (Å²) >= 11 is 0. The standard InChI is InChI=1S/C16H20N2O3/c1-10-7-12(13(8-10)16(20)21)15(19)18-6-4-14-11(9-18)3-2-5-17-14/h2-3,5,10,12-13H,4,6-9H2,1H3,(H,20,21). The molecule has 1 aromatic heterocycles. The molecule has 0 bridgehead atoms. The highest BCUT2D eigenvalue weighted by molar-refractivity contribution is 5.85. The summed E-state index contributed by atoms with van der Waals surface area (Å²) in [6.07, 6.45) is 3.82. The number of carboxylic acids is 1. The maximum absolute atomic E-state index is 12.7. The van der Waals surface area contributed by atoms with E-state index in [1.54, 1.807) is 6.20 Å². The molecule has 112 valence electrons. The highest BCUT2D eigenvalue weighted by atomic mass is 16.4. The second-order valence-corrected chi connectivity index (χ2v) is 6.25. The maximum atomic E-state index is 12.7. The molecule has 1 aliphatic heterocycles. The average molecular weight is 288 g/mol. The zero-order chi connectivity index (χ0) is 15.0. The molecule has 2 aliphatic rings. The molecule has 0 spiro atoms. The van der Waals surface area contributed by atoms with Crippen molar-refractivity contribution in [2.45, 2.75) is 32.7 Å². The molecule has 0 aromatic carbocycles. The van der Waals surface area contributed by atoms with Crippen LogP contribution >= 0.6 is 0 Å². The van der Waals surface area contributed by atoms with Crippen LogP contribution in [0, 0.1) is 17.8 Å². The zero-order valence-corrected chi connectivity index (χ0v) is 12.2. The Labute approximate surface area is 124 Å². The van der Waals surface area contributed by atoms with Gasteiger partial charge in [-0.3, -0.25) is 14.6 Å². The van der Waals surface area contributed by atoms with Gasteiger partial charge in [0.1, 0.15) is 0 Å². The lowest BCUT2D eigenvalue weighted by atomic mass is 9.93. The molecular weight excluding hydrogens is 268 g/mol. The minimum Gasteiger partial charge on any atom is -0.481 e. The van der Waals surface area contributed by atoms with Crippen LogP contribution < -0.4 is 0 Å². The Kier molecular flexibility index (Phi) is 3.66. The predicted octanol–water partition coefficient (Wildman–Crippen LogP) is 1.71. The lowest BCUT2D eigenvalue weighted by Gasteiger charge is -2.31. The van der Waals surface area contributed by atoms with Gasteiger partial charge in [0.05, 0.1) is 11.8 Å². The first kappa shape index (κ1) is 14.0. The third-order valence-electron chi connectivity index (χ3n) is 4.71. The monoisotopic (exact) mass is 288 g/mol. The number of nitrogens with zero attached hydrogens (tertiary/aromatic N) is 2. The van der Waals surface area contributed by atoms with Crippen molar-refractivity contribution in [3.8, 4) is 0 Å². The normalized spacial score (nSPS) is 28.2. The van der Waals surface area contributed by atoms with Crippen molar-refractivity contribution in [1.29, 1.82) is 0 Å². The number of pyridine rings is 1. The number of carbonyl (C=O) groups is 2. The summed E-state index contributed by atoms with van der Waals surface area (Å²) < 4.78 is 0. The molecule has 3 atom stereocenters. The van der Waals surface area contributed by atoms with E-state index >= 15 is 0 Å². The number of carbonyl (C=O) groups excluding carboxylic acids is 1. The summed E-state index contributed by atoms with van der Waals surface area (Å²) in [4.78, 5) is 30.2. The van der Waals surface area contributed by atoms with Gasteiger partial charge < -0.3 is 10.0 Å². The van der Waals surface area contributed by atoms with Crippen molar-refractivity contribution in [3.05, 3.63) is 29.6 Å². The number of fused-ring (bicyclic) bond motifs is 1. The Morgan fingerprint density at radius 3 is 2.86 bits per heavy atom. The predicted molar refractivity (Wildman–Crippen MR) is 76.4 cm³/mol. The first-order chi connectivity index (χ1) is 10.1. The second kappa shape index (κ2) is 5.47. The van der Waals surface area contributed by atoms with Gasteiger partial charge in [-0.1, -0.05) is 13.0 Å². The molecule has 1 N–H and O–H groups in total. The van der Waals surface area contributed by atoms with Crippen LogP contribution in [0.15, 0.2) is 18.3 Å². The Balaban J connectivity index is 1.76. The lowest BCUT2D eigenvalue weighted by molar-refractivity contribution is -0.149. The third kappa shape index (κ3) is 2.64. The van der Waals surface area contributed by atoms with Crippen LogP contribution in [0.2, 0.25) is 0 Å². The molecule has 5 nitrogen and oxygen atoms in total. The third-order valence-corrected chi connectivity index (χ3v) is 4.71. The van der Waals surface area contributed by atoms with Crippen molar-refractivity contribution < 1.29 is 14.7 Å². The highest BCUT2D eigenvalue weighted by Gasteiger charge is 2.43. The van der Waals surface area contributed by atoms with Crippen LogP contribution in [0.4, 0.5) is 0 Å². The number of hydrogen-bond donors (Lipinski definition) is 1. The number of rotatable bonds is 2. The SMILES string of the molecule is CC1CC(C(=O)O)C(C(=O)N2CCc3ncccc3C2)C1. The van der Waals surface area contributed by atoms with E-state index in [4.69, 9.17) is 0 Å². The summed E-state index contributed by atoms with van der Waals surface area (Å²) in [5.74, 6) is -1.42. The van der Waals surface area contributed by atoms with Gasteiger partial charge in [-0.15, -0.1) is 0 Å². The maximum Gasteiger partial charge on any atom is 0.307 e. The molecule has 3 rings (SSSR count). The van der Waals surface area contributed by atoms with Crippen LogP contribution in [0.1, 0.15) is 31.0 Å². The van der Waals surface area contributed by atoms with Gasteiger partial charge in [0.25, 0.3) is 0 Å². The number of aliphatic carboxylic acids is 1. The van der Waals surface area contributed by atoms with Gasteiger partial charge in [-0.25, -0.2) is 0 Å². The Morgan fingerprint density at radius 1 is 1.33 bits per heavy atom. The zero-order valence-electron chi connectivity index (χ0n) is 12.2. The van der Waals surface area contributed by atoms with E-state index in [2.05, 4.69) is 4.98 Å². The molecule has 0 saturated heterocycles. The van der Waals surface area contributed by atoms with Crippen molar-refractivity contribution in [2.75, 3.05) is 6.54 Å². The number of amides is 1. The van der Waals surface area contributed by atoms with Crippen LogP contribution in [0.3, 0.4) is 0 Å². The van der Waals surface area contributed by atoms with Gasteiger partial charge in [-0.05, 0) is 30.4 Å². The molecule has 1 amide bonds. The molecule has 1 aromatic rings. The molecule has 2 heterocycles. The summed E-state index contributed by atoms with van der Waals surface area (Å²) in [6, 6.07) is 3.87. The van der Waals surface area contributed by atoms with E-state index in [0.29, 0.717) is 31.8 Å². The van der Waals surface area contributed by atoms with Gasteiger partial charge in [0.15, 0.2) is 0 Å². The molecular formula is C16H20N2O3. The smallest absolute Gasteiger partial charge is 0.307 e. The lowest BCUT2D eigenvalue weighted by Crippen LogP contribution is -2.42. The van der Waals surface area contributed by atoms with Gasteiger partial charge >= 0.3 is 5.97 Å². The van der Waals surface area contributed by atoms with E-state index in [1.165, 1.54) is 0 Å². The Morgan fingerprint density at radius 2 is 2.10 bits per heavy atom. The minimum atomic E-state index is -0.836. The molecule has 5 heteroatoms. The second-order valence-electron chi connectivity index (χ2n) is 6.25. The van der Waals surface area contributed by atoms with E-state index in [9.17, 15) is 14.7 Å². The van der Waals surface area contributed by atoms with E-state index in [0.717, 1.165) is 17.7 Å². The summed E-state index contributed by atoms with van der Waals surface area (Å²) in [5, 5.41) is 9.33. The topological polar surface area (TPSA) is 70.5 Å². The first-order valence-corrected chi connectivity index (χ1v) is 7.50. The highest BCUT2D eigenvalue weighted by Crippen LogP contribution is 2.38. The quantitative estimate of drug-likeness (QED) is 0.899. The van der Waals surface area contributed by atoms with Crippen LogP contribution in [0.25, 0.3) is 0 Å². The number of hydrogen-bond acceptors (Lipinski definition) is 3. The number of carboxylic acid groups (broad SMARTS) is 1. The summed E-state index contributed by atoms with van der Waals surface area (Å²) in [5.41, 5.74) is 2.13. The van der Waals surface area contributed by atoms with Crippen molar-refractivity contribution in [3.63, 3.8) is 0 Å². The first-order valence-electron chi connectivity index (χ1n) is 7.50. The fourth-order valence-electron chi connectivity index (χ4n) is 3.63. The minimum absolute atomic E-state index is 0.00116. The number of aromatic nitrogens is 1. The van der Waals surface area contributed by atoms with Gasteiger partial charge in [0, 0.05) is 31.4 Å². The molecule has 0 radical (unpaired) electrons. The van der Waals surface area contributed by atoms with E-state index < -0.39 is 11.9 Å². The van der Waals surface area contributed by atoms with Gasteiger partial charge in [-0.2, -0.15) is 0 Å². The van der Waals surface area contributed by atoms with Crippen LogP contribution in [-0.4, -0.2) is 33.4 Å². The fourth-order valence-corrected chi connectivity index (χ4v) is 3.63. The van der Waals surface area contributed by atoms with E-state index in [1.807, 2.05) is 24.0 Å². The largest absolute Gasteiger partial charge is 0.481 e. The van der Waals surface area contributed by atoms with E-state index in [-0.39, 0.29) is 11.8 Å². The van der Waals surface area contributed by atoms with Crippen molar-refractivity contribution >= 4 is 11.9 Å². The Hall–Kier alpha value is -1.91.